The smallest absolute Gasteiger partial charge is 0.254 e. The number of rotatable bonds is 0. The lowest BCUT2D eigenvalue weighted by atomic mass is 10.0. The predicted octanol–water partition coefficient (Wildman–Crippen LogP) is 1.67. The van der Waals surface area contributed by atoms with Gasteiger partial charge in [0.25, 0.3) is 5.91 Å². The second-order valence-corrected chi connectivity index (χ2v) is 3.52. The van der Waals surface area contributed by atoms with Gasteiger partial charge in [-0.1, -0.05) is 23.2 Å². The molecule has 0 saturated heterocycles. The van der Waals surface area contributed by atoms with Gasteiger partial charge in [0.15, 0.2) is 0 Å². The van der Waals surface area contributed by atoms with Crippen molar-refractivity contribution in [2.24, 2.45) is 0 Å². The zero-order valence-electron chi connectivity index (χ0n) is 6.60. The molecule has 2 heterocycles. The van der Waals surface area contributed by atoms with Gasteiger partial charge in [-0.15, -0.1) is 0 Å². The average molecular weight is 217 g/mol. The molecule has 0 aromatic carbocycles. The van der Waals surface area contributed by atoms with Crippen molar-refractivity contribution < 1.29 is 4.79 Å². The Kier molecular flexibility index (Phi) is 2.14. The lowest BCUT2D eigenvalue weighted by Gasteiger charge is -2.16. The molecule has 1 aliphatic heterocycles. The topological polar surface area (TPSA) is 42.0 Å². The van der Waals surface area contributed by atoms with E-state index in [1.807, 2.05) is 0 Å². The lowest BCUT2D eigenvalue weighted by Crippen LogP contribution is -2.32. The van der Waals surface area contributed by atoms with Gasteiger partial charge in [-0.05, 0) is 18.1 Å². The molecule has 1 aliphatic rings. The second-order valence-electron chi connectivity index (χ2n) is 2.78. The second kappa shape index (κ2) is 3.16. The van der Waals surface area contributed by atoms with Crippen LogP contribution in [0, 0.1) is 0 Å². The minimum atomic E-state index is -0.171. The summed E-state index contributed by atoms with van der Waals surface area (Å²) in [5, 5.41) is 3.20. The predicted molar refractivity (Wildman–Crippen MR) is 50.3 cm³/mol. The van der Waals surface area contributed by atoms with Crippen molar-refractivity contribution in [1.29, 1.82) is 0 Å². The average Bonchev–Trinajstić information content (AvgIpc) is 2.02. The molecule has 0 atom stereocenters. The molecule has 1 aromatic heterocycles. The molecule has 5 heteroatoms. The van der Waals surface area contributed by atoms with E-state index in [0.29, 0.717) is 17.3 Å². The van der Waals surface area contributed by atoms with Crippen LogP contribution < -0.4 is 5.32 Å². The van der Waals surface area contributed by atoms with Gasteiger partial charge >= 0.3 is 0 Å². The summed E-state index contributed by atoms with van der Waals surface area (Å²) in [5.74, 6) is -0.171. The minimum absolute atomic E-state index is 0.171. The fourth-order valence-corrected chi connectivity index (χ4v) is 1.92. The van der Waals surface area contributed by atoms with E-state index >= 15 is 0 Å². The molecule has 68 valence electrons. The van der Waals surface area contributed by atoms with Crippen molar-refractivity contribution in [3.8, 4) is 0 Å². The van der Waals surface area contributed by atoms with Crippen LogP contribution in [0.4, 0.5) is 0 Å². The zero-order valence-corrected chi connectivity index (χ0v) is 8.11. The number of aromatic nitrogens is 1. The van der Waals surface area contributed by atoms with Crippen LogP contribution in [0.3, 0.4) is 0 Å². The van der Waals surface area contributed by atoms with Crippen LogP contribution in [0.1, 0.15) is 15.9 Å². The number of fused-ring (bicyclic) bond motifs is 1. The van der Waals surface area contributed by atoms with Crippen LogP contribution in [0.5, 0.6) is 0 Å². The Morgan fingerprint density at radius 1 is 1.46 bits per heavy atom. The number of amides is 1. The van der Waals surface area contributed by atoms with Gasteiger partial charge in [-0.25, -0.2) is 4.98 Å². The number of carbonyl (C=O) groups is 1. The van der Waals surface area contributed by atoms with E-state index in [9.17, 15) is 4.79 Å². The molecule has 0 unspecified atom stereocenters. The van der Waals surface area contributed by atoms with Crippen LogP contribution >= 0.6 is 23.2 Å². The van der Waals surface area contributed by atoms with Crippen molar-refractivity contribution >= 4 is 29.1 Å². The molecule has 2 rings (SSSR count). The van der Waals surface area contributed by atoms with Crippen molar-refractivity contribution in [1.82, 2.24) is 10.3 Å². The molecule has 1 amide bonds. The third-order valence-corrected chi connectivity index (χ3v) is 2.40. The SMILES string of the molecule is O=C1NCCc2cc(Cl)nc(Cl)c21. The maximum atomic E-state index is 11.3. The molecule has 1 N–H and O–H groups in total. The van der Waals surface area contributed by atoms with Crippen LogP contribution in [-0.4, -0.2) is 17.4 Å². The number of nitrogens with zero attached hydrogens (tertiary/aromatic N) is 1. The van der Waals surface area contributed by atoms with Crippen LogP contribution in [0.25, 0.3) is 0 Å². The van der Waals surface area contributed by atoms with Crippen LogP contribution in [0.2, 0.25) is 10.3 Å². The minimum Gasteiger partial charge on any atom is -0.352 e. The number of hydrogen-bond acceptors (Lipinski definition) is 2. The van der Waals surface area contributed by atoms with Crippen LogP contribution in [-0.2, 0) is 6.42 Å². The Hall–Kier alpha value is -0.800. The fraction of sp³-hybridized carbons (Fsp3) is 0.250. The maximum Gasteiger partial charge on any atom is 0.254 e. The van der Waals surface area contributed by atoms with E-state index in [0.717, 1.165) is 12.0 Å². The summed E-state index contributed by atoms with van der Waals surface area (Å²) in [6.07, 6.45) is 0.753. The van der Waals surface area contributed by atoms with E-state index in [4.69, 9.17) is 23.2 Å². The Bertz CT molecular complexity index is 379. The molecular weight excluding hydrogens is 211 g/mol. The monoisotopic (exact) mass is 216 g/mol. The van der Waals surface area contributed by atoms with Gasteiger partial charge < -0.3 is 5.32 Å². The van der Waals surface area contributed by atoms with Gasteiger partial charge in [-0.2, -0.15) is 0 Å². The molecule has 0 saturated carbocycles. The first-order valence-corrected chi connectivity index (χ1v) is 4.57. The van der Waals surface area contributed by atoms with Crippen molar-refractivity contribution in [2.75, 3.05) is 6.54 Å². The van der Waals surface area contributed by atoms with E-state index in [1.54, 1.807) is 6.07 Å². The molecule has 1 aromatic rings. The van der Waals surface area contributed by atoms with E-state index < -0.39 is 0 Å². The van der Waals surface area contributed by atoms with E-state index in [2.05, 4.69) is 10.3 Å². The highest BCUT2D eigenvalue weighted by molar-refractivity contribution is 6.35. The molecule has 0 radical (unpaired) electrons. The summed E-state index contributed by atoms with van der Waals surface area (Å²) in [6.45, 7) is 0.627. The first-order valence-electron chi connectivity index (χ1n) is 3.81. The van der Waals surface area contributed by atoms with Crippen LogP contribution in [0.15, 0.2) is 6.07 Å². The van der Waals surface area contributed by atoms with Gasteiger partial charge in [0.05, 0.1) is 5.56 Å². The Morgan fingerprint density at radius 2 is 2.23 bits per heavy atom. The highest BCUT2D eigenvalue weighted by Gasteiger charge is 2.21. The Labute approximate surface area is 85.1 Å². The van der Waals surface area contributed by atoms with Gasteiger partial charge in [0.2, 0.25) is 0 Å². The molecule has 0 bridgehead atoms. The number of pyridine rings is 1. The van der Waals surface area contributed by atoms with Gasteiger partial charge in [0.1, 0.15) is 10.3 Å². The molecule has 0 aliphatic carbocycles. The zero-order chi connectivity index (χ0) is 9.42. The number of carbonyl (C=O) groups excluding carboxylic acids is 1. The quantitative estimate of drug-likeness (QED) is 0.671. The Balaban J connectivity index is 2.63. The van der Waals surface area contributed by atoms with E-state index in [1.165, 1.54) is 0 Å². The molecular formula is C8H6Cl2N2O. The third kappa shape index (κ3) is 1.49. The lowest BCUT2D eigenvalue weighted by molar-refractivity contribution is 0.0946. The van der Waals surface area contributed by atoms with Crippen molar-refractivity contribution in [2.45, 2.75) is 6.42 Å². The molecule has 0 spiro atoms. The highest BCUT2D eigenvalue weighted by atomic mass is 35.5. The fourth-order valence-electron chi connectivity index (χ4n) is 1.37. The largest absolute Gasteiger partial charge is 0.352 e. The summed E-state index contributed by atoms with van der Waals surface area (Å²) in [6, 6.07) is 1.68. The maximum absolute atomic E-state index is 11.3. The van der Waals surface area contributed by atoms with Crippen molar-refractivity contribution in [3.63, 3.8) is 0 Å². The normalized spacial score (nSPS) is 15.1. The van der Waals surface area contributed by atoms with Gasteiger partial charge in [-0.3, -0.25) is 4.79 Å². The standard InChI is InChI=1S/C8H6Cl2N2O/c9-5-3-4-1-2-11-8(13)6(4)7(10)12-5/h3H,1-2H2,(H,11,13). The number of hydrogen-bond donors (Lipinski definition) is 1. The number of nitrogens with one attached hydrogen (secondary N) is 1. The summed E-state index contributed by atoms with van der Waals surface area (Å²) >= 11 is 11.5. The number of halogens is 2. The summed E-state index contributed by atoms with van der Waals surface area (Å²) in [5.41, 5.74) is 1.33. The first-order chi connectivity index (χ1) is 6.18. The Morgan fingerprint density at radius 3 is 3.00 bits per heavy atom. The van der Waals surface area contributed by atoms with E-state index in [-0.39, 0.29) is 11.1 Å². The third-order valence-electron chi connectivity index (χ3n) is 1.93. The summed E-state index contributed by atoms with van der Waals surface area (Å²) in [4.78, 5) is 15.1. The van der Waals surface area contributed by atoms with Crippen molar-refractivity contribution in [3.05, 3.63) is 27.5 Å². The molecule has 3 nitrogen and oxygen atoms in total. The summed E-state index contributed by atoms with van der Waals surface area (Å²) < 4.78 is 0. The molecule has 13 heavy (non-hydrogen) atoms. The summed E-state index contributed by atoms with van der Waals surface area (Å²) in [7, 11) is 0. The first kappa shape index (κ1) is 8.78. The molecule has 0 fully saturated rings. The van der Waals surface area contributed by atoms with Gasteiger partial charge in [0, 0.05) is 6.54 Å². The highest BCUT2D eigenvalue weighted by Crippen LogP contribution is 2.23.